The second-order valence-electron chi connectivity index (χ2n) is 13.0. The first-order valence-corrected chi connectivity index (χ1v) is 16.2. The number of piperazine rings is 1. The van der Waals surface area contributed by atoms with Crippen LogP contribution in [-0.2, 0) is 19.3 Å². The van der Waals surface area contributed by atoms with Gasteiger partial charge in [0, 0.05) is 88.3 Å². The van der Waals surface area contributed by atoms with Crippen LogP contribution in [-0.4, -0.2) is 86.1 Å². The van der Waals surface area contributed by atoms with Crippen molar-refractivity contribution in [1.29, 1.82) is 0 Å². The van der Waals surface area contributed by atoms with Crippen LogP contribution in [0.1, 0.15) is 32.6 Å². The predicted molar refractivity (Wildman–Crippen MR) is 189 cm³/mol. The summed E-state index contributed by atoms with van der Waals surface area (Å²) < 4.78 is 40.8. The van der Waals surface area contributed by atoms with Crippen molar-refractivity contribution in [2.45, 2.75) is 26.2 Å². The summed E-state index contributed by atoms with van der Waals surface area (Å²) in [6.07, 6.45) is -2.93. The maximum atomic E-state index is 13.7. The van der Waals surface area contributed by atoms with Crippen LogP contribution in [0.25, 0.3) is 0 Å². The molecule has 4 aromatic rings. The number of carbonyl (C=O) groups is 2. The number of anilines is 6. The number of nitrogens with zero attached hydrogens (tertiary/aromatic N) is 7. The molecule has 262 valence electrons. The maximum absolute atomic E-state index is 13.7. The largest absolute Gasteiger partial charge is 0.416 e. The molecule has 0 atom stereocenters. The van der Waals surface area contributed by atoms with Gasteiger partial charge in [-0.2, -0.15) is 18.2 Å². The topological polar surface area (TPSA) is 100 Å². The number of fused-ring (bicyclic) bond motifs is 1. The number of hydrogen-bond donors (Lipinski definition) is 2. The van der Waals surface area contributed by atoms with Crippen molar-refractivity contribution in [3.05, 3.63) is 94.7 Å². The molecule has 2 N–H and O–H groups in total. The normalized spacial score (nSPS) is 15.6. The number of aromatic nitrogens is 2. The van der Waals surface area contributed by atoms with E-state index in [1.807, 2.05) is 19.1 Å². The highest BCUT2D eigenvalue weighted by Crippen LogP contribution is 2.35. The fourth-order valence-corrected chi connectivity index (χ4v) is 6.04. The Balaban J connectivity index is 1.18. The Morgan fingerprint density at radius 1 is 0.960 bits per heavy atom. The number of carbonyl (C=O) groups excluding carboxylic acids is 2. The first-order valence-electron chi connectivity index (χ1n) is 16.2. The molecular formula is C36H40F3N9O2. The minimum atomic E-state index is -4.62. The molecule has 0 aliphatic carbocycles. The van der Waals surface area contributed by atoms with E-state index in [1.165, 1.54) is 21.4 Å². The molecule has 3 aromatic carbocycles. The summed E-state index contributed by atoms with van der Waals surface area (Å²) in [5.74, 6) is 0.127. The van der Waals surface area contributed by atoms with Gasteiger partial charge in [0.05, 0.1) is 17.8 Å². The Labute approximate surface area is 289 Å². The molecular weight excluding hydrogens is 647 g/mol. The first-order chi connectivity index (χ1) is 23.7. The van der Waals surface area contributed by atoms with Crippen LogP contribution >= 0.6 is 0 Å². The third kappa shape index (κ3) is 7.66. The molecule has 14 heteroatoms. The summed E-state index contributed by atoms with van der Waals surface area (Å²) >= 11 is 0. The summed E-state index contributed by atoms with van der Waals surface area (Å²) in [7, 11) is 6.98. The van der Waals surface area contributed by atoms with E-state index in [0.717, 1.165) is 61.7 Å². The molecule has 11 nitrogen and oxygen atoms in total. The molecule has 0 radical (unpaired) electrons. The van der Waals surface area contributed by atoms with Gasteiger partial charge in [0.15, 0.2) is 0 Å². The summed E-state index contributed by atoms with van der Waals surface area (Å²) in [6, 6.07) is 16.0. The van der Waals surface area contributed by atoms with Gasteiger partial charge in [0.2, 0.25) is 5.95 Å². The van der Waals surface area contributed by atoms with E-state index in [4.69, 9.17) is 0 Å². The lowest BCUT2D eigenvalue weighted by molar-refractivity contribution is -0.137. The van der Waals surface area contributed by atoms with Crippen LogP contribution in [0, 0.1) is 6.92 Å². The van der Waals surface area contributed by atoms with Crippen LogP contribution in [0.3, 0.4) is 0 Å². The molecule has 3 heterocycles. The first kappa shape index (κ1) is 34.6. The number of rotatable bonds is 8. The molecule has 0 bridgehead atoms. The standard InChI is InChI=1S/C36H40F3N9O2/c1-23-9-10-29(41-33(49)25-16-27(36(37,38)39)18-30(17-25)44(2)3)19-31(23)48-22-26-20-40-34(43-32(26)46(5)35(48)50)42-28-8-6-7-24(15-28)21-47-13-11-45(4)12-14-47/h6-10,15-20H,11-14,21-22H2,1-5H3,(H,41,49)(H,40,42,43). The zero-order chi connectivity index (χ0) is 35.7. The van der Waals surface area contributed by atoms with E-state index in [0.29, 0.717) is 23.1 Å². The average molecular weight is 688 g/mol. The van der Waals surface area contributed by atoms with E-state index in [-0.39, 0.29) is 23.8 Å². The molecule has 0 spiro atoms. The number of alkyl halides is 3. The highest BCUT2D eigenvalue weighted by atomic mass is 19.4. The van der Waals surface area contributed by atoms with Crippen molar-refractivity contribution in [2.24, 2.45) is 0 Å². The number of amides is 3. The van der Waals surface area contributed by atoms with Gasteiger partial charge in [0.25, 0.3) is 5.91 Å². The number of aryl methyl sites for hydroxylation is 1. The number of hydrogen-bond acceptors (Lipinski definition) is 8. The fourth-order valence-electron chi connectivity index (χ4n) is 6.04. The molecule has 3 amide bonds. The van der Waals surface area contributed by atoms with Gasteiger partial charge in [-0.1, -0.05) is 18.2 Å². The minimum Gasteiger partial charge on any atom is -0.378 e. The minimum absolute atomic E-state index is 0.142. The molecule has 2 aliphatic heterocycles. The van der Waals surface area contributed by atoms with E-state index in [1.54, 1.807) is 50.4 Å². The lowest BCUT2D eigenvalue weighted by Gasteiger charge is -2.35. The Morgan fingerprint density at radius 2 is 1.72 bits per heavy atom. The SMILES string of the molecule is Cc1ccc(NC(=O)c2cc(N(C)C)cc(C(F)(F)F)c2)cc1N1Cc2cnc(Nc3cccc(CN4CCN(C)CC4)c3)nc2N(C)C1=O. The fraction of sp³-hybridized carbons (Fsp3) is 0.333. The number of urea groups is 1. The van der Waals surface area contributed by atoms with E-state index >= 15 is 0 Å². The van der Waals surface area contributed by atoms with Gasteiger partial charge in [0.1, 0.15) is 5.82 Å². The van der Waals surface area contributed by atoms with Crippen molar-refractivity contribution in [1.82, 2.24) is 19.8 Å². The van der Waals surface area contributed by atoms with Crippen molar-refractivity contribution >= 4 is 46.5 Å². The Hall–Kier alpha value is -5.21. The number of nitrogens with one attached hydrogen (secondary N) is 2. The number of likely N-dealkylation sites (N-methyl/N-ethyl adjacent to an activating group) is 1. The molecule has 0 saturated carbocycles. The van der Waals surface area contributed by atoms with Gasteiger partial charge in [-0.3, -0.25) is 19.5 Å². The number of halogens is 3. The second-order valence-corrected chi connectivity index (χ2v) is 13.0. The summed E-state index contributed by atoms with van der Waals surface area (Å²) in [6.45, 7) is 7.01. The van der Waals surface area contributed by atoms with Gasteiger partial charge in [-0.25, -0.2) is 9.78 Å². The van der Waals surface area contributed by atoms with Crippen LogP contribution in [0.2, 0.25) is 0 Å². The summed E-state index contributed by atoms with van der Waals surface area (Å²) in [5, 5.41) is 5.98. The average Bonchev–Trinajstić information content (AvgIpc) is 3.08. The molecule has 0 unspecified atom stereocenters. The second kappa shape index (κ2) is 14.0. The molecule has 2 aliphatic rings. The summed E-state index contributed by atoms with van der Waals surface area (Å²) in [5.41, 5.74) is 3.54. The van der Waals surface area contributed by atoms with Crippen LogP contribution in [0.15, 0.2) is 66.9 Å². The van der Waals surface area contributed by atoms with Crippen molar-refractivity contribution < 1.29 is 22.8 Å². The molecule has 1 fully saturated rings. The van der Waals surface area contributed by atoms with Crippen molar-refractivity contribution in [3.8, 4) is 0 Å². The number of benzene rings is 3. The van der Waals surface area contributed by atoms with Crippen LogP contribution in [0.4, 0.5) is 52.5 Å². The molecule has 1 aromatic heterocycles. The Morgan fingerprint density at radius 3 is 2.44 bits per heavy atom. The van der Waals surface area contributed by atoms with Gasteiger partial charge >= 0.3 is 12.2 Å². The highest BCUT2D eigenvalue weighted by molar-refractivity contribution is 6.07. The zero-order valence-electron chi connectivity index (χ0n) is 28.7. The van der Waals surface area contributed by atoms with E-state index < -0.39 is 17.6 Å². The third-order valence-corrected chi connectivity index (χ3v) is 8.97. The van der Waals surface area contributed by atoms with Gasteiger partial charge in [-0.05, 0) is 67.6 Å². The zero-order valence-corrected chi connectivity index (χ0v) is 28.7. The van der Waals surface area contributed by atoms with Gasteiger partial charge in [-0.15, -0.1) is 0 Å². The molecule has 6 rings (SSSR count). The van der Waals surface area contributed by atoms with Crippen molar-refractivity contribution in [2.75, 3.05) is 79.7 Å². The maximum Gasteiger partial charge on any atom is 0.416 e. The Kier molecular flexibility index (Phi) is 9.67. The van der Waals surface area contributed by atoms with Crippen LogP contribution in [0.5, 0.6) is 0 Å². The lowest BCUT2D eigenvalue weighted by atomic mass is 10.1. The molecule has 1 saturated heterocycles. The van der Waals surface area contributed by atoms with Gasteiger partial charge < -0.3 is 20.4 Å². The predicted octanol–water partition coefficient (Wildman–Crippen LogP) is 6.19. The lowest BCUT2D eigenvalue weighted by Crippen LogP contribution is -2.46. The smallest absolute Gasteiger partial charge is 0.378 e. The third-order valence-electron chi connectivity index (χ3n) is 8.97. The summed E-state index contributed by atoms with van der Waals surface area (Å²) in [4.78, 5) is 45.4. The Bertz CT molecular complexity index is 1910. The highest BCUT2D eigenvalue weighted by Gasteiger charge is 2.33. The van der Waals surface area contributed by atoms with Crippen LogP contribution < -0.4 is 25.3 Å². The monoisotopic (exact) mass is 687 g/mol. The van der Waals surface area contributed by atoms with E-state index in [9.17, 15) is 22.8 Å². The van der Waals surface area contributed by atoms with Crippen molar-refractivity contribution in [3.63, 3.8) is 0 Å². The molecule has 50 heavy (non-hydrogen) atoms. The van der Waals surface area contributed by atoms with E-state index in [2.05, 4.69) is 49.6 Å². The quantitative estimate of drug-likeness (QED) is 0.226.